The van der Waals surface area contributed by atoms with Crippen LogP contribution in [0, 0.1) is 0 Å². The Morgan fingerprint density at radius 2 is 1.33 bits per heavy atom. The molecular weight excluding hydrogens is 304 g/mol. The van der Waals surface area contributed by atoms with E-state index in [4.69, 9.17) is 4.74 Å². The molecule has 0 spiro atoms. The lowest BCUT2D eigenvalue weighted by atomic mass is 10.1. The highest BCUT2D eigenvalue weighted by atomic mass is 16.5. The van der Waals surface area contributed by atoms with E-state index >= 15 is 0 Å². The van der Waals surface area contributed by atoms with Crippen molar-refractivity contribution in [1.82, 2.24) is 10.9 Å². The smallest absolute Gasteiger partial charge is 0.306 e. The first-order valence-corrected chi connectivity index (χ1v) is 9.88. The van der Waals surface area contributed by atoms with Crippen molar-refractivity contribution in [2.24, 2.45) is 0 Å². The molecule has 0 fully saturated rings. The third-order valence-corrected chi connectivity index (χ3v) is 3.91. The number of esters is 1. The summed E-state index contributed by atoms with van der Waals surface area (Å²) in [6.07, 6.45) is 14.1. The summed E-state index contributed by atoms with van der Waals surface area (Å²) in [5.74, 6) is -0.461. The van der Waals surface area contributed by atoms with Crippen LogP contribution in [0.5, 0.6) is 0 Å². The third kappa shape index (κ3) is 17.3. The van der Waals surface area contributed by atoms with Gasteiger partial charge in [0.25, 0.3) is 0 Å². The molecule has 0 saturated heterocycles. The normalized spacial score (nSPS) is 10.6. The van der Waals surface area contributed by atoms with E-state index in [2.05, 4.69) is 17.8 Å². The zero-order chi connectivity index (χ0) is 17.9. The molecule has 0 saturated carbocycles. The lowest BCUT2D eigenvalue weighted by Crippen LogP contribution is -2.38. The molecule has 1 amide bonds. The number of hydrazine groups is 1. The Hall–Kier alpha value is -1.10. The molecule has 0 rings (SSSR count). The minimum Gasteiger partial charge on any atom is -0.466 e. The van der Waals surface area contributed by atoms with E-state index in [9.17, 15) is 9.59 Å². The number of hydrogen-bond acceptors (Lipinski definition) is 4. The maximum absolute atomic E-state index is 11.5. The van der Waals surface area contributed by atoms with Crippen LogP contribution in [0.1, 0.15) is 97.3 Å². The number of rotatable bonds is 17. The van der Waals surface area contributed by atoms with Crippen molar-refractivity contribution >= 4 is 11.9 Å². The van der Waals surface area contributed by atoms with E-state index in [-0.39, 0.29) is 24.7 Å². The molecule has 5 heteroatoms. The number of unbranched alkanes of at least 4 members (excludes halogenated alkanes) is 9. The van der Waals surface area contributed by atoms with Crippen molar-refractivity contribution in [2.45, 2.75) is 97.3 Å². The molecule has 0 aliphatic rings. The van der Waals surface area contributed by atoms with Crippen molar-refractivity contribution in [3.8, 4) is 0 Å². The van der Waals surface area contributed by atoms with Crippen LogP contribution in [-0.4, -0.2) is 25.0 Å². The second kappa shape index (κ2) is 18.2. The van der Waals surface area contributed by atoms with E-state index in [1.54, 1.807) is 0 Å². The van der Waals surface area contributed by atoms with Crippen molar-refractivity contribution in [1.29, 1.82) is 0 Å². The van der Waals surface area contributed by atoms with Crippen molar-refractivity contribution in [3.63, 3.8) is 0 Å². The lowest BCUT2D eigenvalue weighted by Gasteiger charge is -2.07. The first-order chi connectivity index (χ1) is 11.7. The Labute approximate surface area is 148 Å². The van der Waals surface area contributed by atoms with Gasteiger partial charge in [0.15, 0.2) is 0 Å². The predicted molar refractivity (Wildman–Crippen MR) is 98.5 cm³/mol. The number of carbonyl (C=O) groups is 2. The Balaban J connectivity index is 3.23. The van der Waals surface area contributed by atoms with Gasteiger partial charge in [-0.1, -0.05) is 71.6 Å². The summed E-state index contributed by atoms with van der Waals surface area (Å²) in [7, 11) is 0. The predicted octanol–water partition coefficient (Wildman–Crippen LogP) is 4.26. The first kappa shape index (κ1) is 22.9. The van der Waals surface area contributed by atoms with Gasteiger partial charge in [0.2, 0.25) is 5.91 Å². The van der Waals surface area contributed by atoms with Gasteiger partial charge in [0.05, 0.1) is 13.0 Å². The average molecular weight is 343 g/mol. The Bertz CT molecular complexity index is 309. The summed E-state index contributed by atoms with van der Waals surface area (Å²) in [5.41, 5.74) is 5.55. The average Bonchev–Trinajstić information content (AvgIpc) is 2.59. The molecule has 2 N–H and O–H groups in total. The van der Waals surface area contributed by atoms with Gasteiger partial charge in [-0.05, 0) is 12.8 Å². The van der Waals surface area contributed by atoms with Gasteiger partial charge in [-0.2, -0.15) is 0 Å². The number of amides is 1. The van der Waals surface area contributed by atoms with Gasteiger partial charge in [-0.15, -0.1) is 0 Å². The fraction of sp³-hybridized carbons (Fsp3) is 0.895. The summed E-state index contributed by atoms with van der Waals surface area (Å²) in [4.78, 5) is 22.8. The summed E-state index contributed by atoms with van der Waals surface area (Å²) in [5, 5.41) is 0. The lowest BCUT2D eigenvalue weighted by molar-refractivity contribution is -0.145. The number of nitrogens with one attached hydrogen (secondary N) is 2. The van der Waals surface area contributed by atoms with Crippen molar-refractivity contribution in [3.05, 3.63) is 0 Å². The Morgan fingerprint density at radius 3 is 1.92 bits per heavy atom. The van der Waals surface area contributed by atoms with Crippen LogP contribution in [0.4, 0.5) is 0 Å². The van der Waals surface area contributed by atoms with Crippen LogP contribution in [0.15, 0.2) is 0 Å². The van der Waals surface area contributed by atoms with Gasteiger partial charge in [0, 0.05) is 13.0 Å². The molecule has 24 heavy (non-hydrogen) atoms. The quantitative estimate of drug-likeness (QED) is 0.235. The Morgan fingerprint density at radius 1 is 0.750 bits per heavy atom. The standard InChI is InChI=1S/C19H38N2O3/c1-3-5-6-7-8-9-10-11-12-13-16-20-21-18(22)14-15-19(23)24-17-4-2/h20H,3-17H2,1-2H3,(H,21,22). The molecule has 142 valence electrons. The minimum absolute atomic E-state index is 0.145. The zero-order valence-corrected chi connectivity index (χ0v) is 15.8. The molecule has 0 radical (unpaired) electrons. The van der Waals surface area contributed by atoms with Crippen LogP contribution >= 0.6 is 0 Å². The molecule has 0 unspecified atom stereocenters. The molecule has 0 heterocycles. The summed E-state index contributed by atoms with van der Waals surface area (Å²) < 4.78 is 4.92. The highest BCUT2D eigenvalue weighted by molar-refractivity contribution is 5.80. The largest absolute Gasteiger partial charge is 0.466 e. The Kier molecular flexibility index (Phi) is 17.4. The third-order valence-electron chi connectivity index (χ3n) is 3.91. The maximum Gasteiger partial charge on any atom is 0.306 e. The van der Waals surface area contributed by atoms with Crippen LogP contribution < -0.4 is 10.9 Å². The van der Waals surface area contributed by atoms with Gasteiger partial charge in [0.1, 0.15) is 0 Å². The van der Waals surface area contributed by atoms with E-state index in [0.717, 1.165) is 19.4 Å². The van der Waals surface area contributed by atoms with Crippen LogP contribution in [0.25, 0.3) is 0 Å². The van der Waals surface area contributed by atoms with Gasteiger partial charge >= 0.3 is 5.97 Å². The molecule has 0 aromatic heterocycles. The SMILES string of the molecule is CCCCCCCCCCCCNNC(=O)CCC(=O)OCCC. The summed E-state index contributed by atoms with van der Waals surface area (Å²) >= 11 is 0. The molecular formula is C19H38N2O3. The summed E-state index contributed by atoms with van der Waals surface area (Å²) in [6.45, 7) is 5.40. The van der Waals surface area contributed by atoms with E-state index in [0.29, 0.717) is 6.61 Å². The molecule has 0 aliphatic heterocycles. The number of hydrogen-bond donors (Lipinski definition) is 2. The highest BCUT2D eigenvalue weighted by Gasteiger charge is 2.06. The van der Waals surface area contributed by atoms with Crippen LogP contribution in [-0.2, 0) is 14.3 Å². The minimum atomic E-state index is -0.304. The van der Waals surface area contributed by atoms with E-state index in [1.807, 2.05) is 6.92 Å². The van der Waals surface area contributed by atoms with E-state index < -0.39 is 0 Å². The molecule has 5 nitrogen and oxygen atoms in total. The van der Waals surface area contributed by atoms with Crippen LogP contribution in [0.2, 0.25) is 0 Å². The second-order valence-corrected chi connectivity index (χ2v) is 6.38. The zero-order valence-electron chi connectivity index (χ0n) is 15.8. The monoisotopic (exact) mass is 342 g/mol. The molecule has 0 atom stereocenters. The number of carbonyl (C=O) groups excluding carboxylic acids is 2. The highest BCUT2D eigenvalue weighted by Crippen LogP contribution is 2.10. The first-order valence-electron chi connectivity index (χ1n) is 9.88. The van der Waals surface area contributed by atoms with Crippen molar-refractivity contribution in [2.75, 3.05) is 13.2 Å². The van der Waals surface area contributed by atoms with Gasteiger partial charge in [-0.25, -0.2) is 5.43 Å². The topological polar surface area (TPSA) is 67.4 Å². The van der Waals surface area contributed by atoms with Gasteiger partial charge in [-0.3, -0.25) is 15.0 Å². The fourth-order valence-corrected chi connectivity index (χ4v) is 2.43. The second-order valence-electron chi connectivity index (χ2n) is 6.38. The van der Waals surface area contributed by atoms with Crippen LogP contribution in [0.3, 0.4) is 0 Å². The summed E-state index contributed by atoms with van der Waals surface area (Å²) in [6, 6.07) is 0. The van der Waals surface area contributed by atoms with Crippen molar-refractivity contribution < 1.29 is 14.3 Å². The maximum atomic E-state index is 11.5. The molecule has 0 aromatic carbocycles. The van der Waals surface area contributed by atoms with E-state index in [1.165, 1.54) is 57.8 Å². The van der Waals surface area contributed by atoms with Gasteiger partial charge < -0.3 is 4.74 Å². The molecule has 0 aliphatic carbocycles. The molecule has 0 aromatic rings. The number of ether oxygens (including phenoxy) is 1. The molecule has 0 bridgehead atoms. The fourth-order valence-electron chi connectivity index (χ4n) is 2.43.